The van der Waals surface area contributed by atoms with Gasteiger partial charge in [0.15, 0.2) is 0 Å². The third-order valence-corrected chi connectivity index (χ3v) is 4.37. The van der Waals surface area contributed by atoms with E-state index in [1.165, 1.54) is 64.2 Å². The molecule has 0 nitrogen and oxygen atoms in total. The van der Waals surface area contributed by atoms with Gasteiger partial charge >= 0.3 is 0 Å². The standard InChI is InChI=1S/C14H29Br/c1-4-7-10-13-14(15,11-8-5-2)12-9-6-3/h4-13H2,1-3H3. The van der Waals surface area contributed by atoms with Crippen molar-refractivity contribution in [3.8, 4) is 0 Å². The molecule has 0 atom stereocenters. The Bertz CT molecular complexity index is 123. The molecule has 0 aromatic heterocycles. The second kappa shape index (κ2) is 9.69. The van der Waals surface area contributed by atoms with Crippen LogP contribution in [0.2, 0.25) is 0 Å². The summed E-state index contributed by atoms with van der Waals surface area (Å²) in [5.74, 6) is 0. The van der Waals surface area contributed by atoms with E-state index in [-0.39, 0.29) is 0 Å². The molecule has 0 aliphatic heterocycles. The van der Waals surface area contributed by atoms with Crippen LogP contribution in [0.5, 0.6) is 0 Å². The Balaban J connectivity index is 3.89. The normalized spacial score (nSPS) is 12.0. The zero-order valence-electron chi connectivity index (χ0n) is 10.9. The van der Waals surface area contributed by atoms with Crippen LogP contribution in [-0.2, 0) is 0 Å². The largest absolute Gasteiger partial charge is 0.0853 e. The van der Waals surface area contributed by atoms with Crippen LogP contribution in [0.1, 0.15) is 85.0 Å². The lowest BCUT2D eigenvalue weighted by Gasteiger charge is -2.27. The molecule has 0 saturated heterocycles. The monoisotopic (exact) mass is 276 g/mol. The van der Waals surface area contributed by atoms with Crippen molar-refractivity contribution in [3.05, 3.63) is 0 Å². The van der Waals surface area contributed by atoms with Gasteiger partial charge in [-0.3, -0.25) is 0 Å². The lowest BCUT2D eigenvalue weighted by Crippen LogP contribution is -2.20. The highest BCUT2D eigenvalue weighted by Gasteiger charge is 2.24. The van der Waals surface area contributed by atoms with E-state index < -0.39 is 0 Å². The fraction of sp³-hybridized carbons (Fsp3) is 1.00. The molecule has 0 radical (unpaired) electrons. The average molecular weight is 277 g/mol. The van der Waals surface area contributed by atoms with E-state index in [9.17, 15) is 0 Å². The molecule has 0 unspecified atom stereocenters. The molecular formula is C14H29Br. The lowest BCUT2D eigenvalue weighted by molar-refractivity contribution is 0.429. The van der Waals surface area contributed by atoms with E-state index in [0.29, 0.717) is 4.32 Å². The molecular weight excluding hydrogens is 248 g/mol. The number of halogens is 1. The van der Waals surface area contributed by atoms with Gasteiger partial charge in [0.1, 0.15) is 0 Å². The molecule has 0 heterocycles. The second-order valence-corrected chi connectivity index (χ2v) is 6.50. The Hall–Kier alpha value is 0.480. The summed E-state index contributed by atoms with van der Waals surface area (Å²) < 4.78 is 0.466. The Morgan fingerprint density at radius 3 is 1.47 bits per heavy atom. The van der Waals surface area contributed by atoms with Crippen LogP contribution < -0.4 is 0 Å². The van der Waals surface area contributed by atoms with Gasteiger partial charge in [-0.25, -0.2) is 0 Å². The molecule has 0 aliphatic rings. The molecule has 0 N–H and O–H groups in total. The molecule has 0 aromatic rings. The smallest absolute Gasteiger partial charge is 0.0258 e. The van der Waals surface area contributed by atoms with Crippen LogP contribution in [-0.4, -0.2) is 4.32 Å². The van der Waals surface area contributed by atoms with E-state index in [1.54, 1.807) is 0 Å². The second-order valence-electron chi connectivity index (χ2n) is 4.82. The van der Waals surface area contributed by atoms with Gasteiger partial charge in [-0.15, -0.1) is 0 Å². The SMILES string of the molecule is CCCCCC(Br)(CCCC)CCCC. The maximum absolute atomic E-state index is 4.02. The minimum absolute atomic E-state index is 0.466. The van der Waals surface area contributed by atoms with E-state index >= 15 is 0 Å². The molecule has 0 bridgehead atoms. The summed E-state index contributed by atoms with van der Waals surface area (Å²) in [6, 6.07) is 0. The topological polar surface area (TPSA) is 0 Å². The number of alkyl halides is 1. The fourth-order valence-corrected chi connectivity index (χ4v) is 2.90. The van der Waals surface area contributed by atoms with Crippen molar-refractivity contribution < 1.29 is 0 Å². The minimum atomic E-state index is 0.466. The number of hydrogen-bond donors (Lipinski definition) is 0. The van der Waals surface area contributed by atoms with Gasteiger partial charge in [0.2, 0.25) is 0 Å². The molecule has 0 saturated carbocycles. The molecule has 0 aliphatic carbocycles. The zero-order valence-corrected chi connectivity index (χ0v) is 12.5. The van der Waals surface area contributed by atoms with Crippen molar-refractivity contribution in [3.63, 3.8) is 0 Å². The van der Waals surface area contributed by atoms with Gasteiger partial charge in [0.05, 0.1) is 0 Å². The molecule has 0 rings (SSSR count). The molecule has 92 valence electrons. The highest BCUT2D eigenvalue weighted by atomic mass is 79.9. The predicted molar refractivity (Wildman–Crippen MR) is 74.9 cm³/mol. The summed E-state index contributed by atoms with van der Waals surface area (Å²) in [4.78, 5) is 0. The highest BCUT2D eigenvalue weighted by molar-refractivity contribution is 9.10. The summed E-state index contributed by atoms with van der Waals surface area (Å²) in [5.41, 5.74) is 0. The lowest BCUT2D eigenvalue weighted by atomic mass is 9.90. The fourth-order valence-electron chi connectivity index (χ4n) is 2.05. The van der Waals surface area contributed by atoms with Crippen molar-refractivity contribution in [2.45, 2.75) is 89.3 Å². The van der Waals surface area contributed by atoms with Gasteiger partial charge in [-0.1, -0.05) is 81.6 Å². The minimum Gasteiger partial charge on any atom is -0.0853 e. The zero-order chi connectivity index (χ0) is 11.6. The summed E-state index contributed by atoms with van der Waals surface area (Å²) in [7, 11) is 0. The van der Waals surface area contributed by atoms with Gasteiger partial charge in [-0.05, 0) is 19.3 Å². The number of unbranched alkanes of at least 4 members (excludes halogenated alkanes) is 4. The van der Waals surface area contributed by atoms with Crippen molar-refractivity contribution in [1.29, 1.82) is 0 Å². The van der Waals surface area contributed by atoms with E-state index in [2.05, 4.69) is 36.7 Å². The first-order chi connectivity index (χ1) is 7.18. The molecule has 1 heteroatoms. The van der Waals surface area contributed by atoms with Crippen LogP contribution in [0.15, 0.2) is 0 Å². The number of hydrogen-bond acceptors (Lipinski definition) is 0. The molecule has 0 amide bonds. The summed E-state index contributed by atoms with van der Waals surface area (Å²) in [6.45, 7) is 6.87. The van der Waals surface area contributed by atoms with Gasteiger partial charge in [-0.2, -0.15) is 0 Å². The van der Waals surface area contributed by atoms with Crippen LogP contribution in [0.4, 0.5) is 0 Å². The van der Waals surface area contributed by atoms with Crippen LogP contribution in [0.3, 0.4) is 0 Å². The Labute approximate surface area is 105 Å². The highest BCUT2D eigenvalue weighted by Crippen LogP contribution is 2.36. The van der Waals surface area contributed by atoms with E-state index in [1.807, 2.05) is 0 Å². The molecule has 0 aromatic carbocycles. The van der Waals surface area contributed by atoms with Crippen LogP contribution in [0, 0.1) is 0 Å². The molecule has 0 fully saturated rings. The maximum atomic E-state index is 4.02. The first-order valence-electron chi connectivity index (χ1n) is 6.87. The maximum Gasteiger partial charge on any atom is 0.0258 e. The summed E-state index contributed by atoms with van der Waals surface area (Å²) >= 11 is 4.02. The van der Waals surface area contributed by atoms with E-state index in [0.717, 1.165) is 0 Å². The Kier molecular flexibility index (Phi) is 10.00. The first-order valence-corrected chi connectivity index (χ1v) is 7.66. The molecule has 15 heavy (non-hydrogen) atoms. The van der Waals surface area contributed by atoms with Gasteiger partial charge in [0, 0.05) is 4.32 Å². The van der Waals surface area contributed by atoms with Crippen molar-refractivity contribution >= 4 is 15.9 Å². The van der Waals surface area contributed by atoms with Crippen molar-refractivity contribution in [1.82, 2.24) is 0 Å². The van der Waals surface area contributed by atoms with Crippen molar-refractivity contribution in [2.75, 3.05) is 0 Å². The van der Waals surface area contributed by atoms with E-state index in [4.69, 9.17) is 0 Å². The van der Waals surface area contributed by atoms with Gasteiger partial charge < -0.3 is 0 Å². The number of rotatable bonds is 10. The van der Waals surface area contributed by atoms with Crippen LogP contribution >= 0.6 is 15.9 Å². The quantitative estimate of drug-likeness (QED) is 0.335. The van der Waals surface area contributed by atoms with Crippen molar-refractivity contribution in [2.24, 2.45) is 0 Å². The Morgan fingerprint density at radius 2 is 1.07 bits per heavy atom. The Morgan fingerprint density at radius 1 is 0.667 bits per heavy atom. The molecule has 0 spiro atoms. The third-order valence-electron chi connectivity index (χ3n) is 3.19. The first kappa shape index (κ1) is 15.5. The predicted octanol–water partition coefficient (Wildman–Crippen LogP) is 6.08. The third kappa shape index (κ3) is 8.30. The van der Waals surface area contributed by atoms with Crippen LogP contribution in [0.25, 0.3) is 0 Å². The summed E-state index contributed by atoms with van der Waals surface area (Å²) in [6.07, 6.45) is 13.6. The van der Waals surface area contributed by atoms with Gasteiger partial charge in [0.25, 0.3) is 0 Å². The average Bonchev–Trinajstić information content (AvgIpc) is 2.24. The summed E-state index contributed by atoms with van der Waals surface area (Å²) in [5, 5.41) is 0.